The summed E-state index contributed by atoms with van der Waals surface area (Å²) in [6, 6.07) is 19.1. The van der Waals surface area contributed by atoms with Crippen molar-refractivity contribution in [3.8, 4) is 22.2 Å². The minimum atomic E-state index is -0.290. The van der Waals surface area contributed by atoms with Crippen molar-refractivity contribution in [2.45, 2.75) is 32.4 Å². The van der Waals surface area contributed by atoms with E-state index >= 15 is 0 Å². The maximum Gasteiger partial charge on any atom is 0.300 e. The Morgan fingerprint density at radius 2 is 2.03 bits per heavy atom. The van der Waals surface area contributed by atoms with E-state index < -0.39 is 0 Å². The number of rotatable bonds is 6. The molecule has 2 aromatic carbocycles. The summed E-state index contributed by atoms with van der Waals surface area (Å²) in [6.45, 7) is 3.23. The third-order valence-electron chi connectivity index (χ3n) is 5.23. The summed E-state index contributed by atoms with van der Waals surface area (Å²) in [4.78, 5) is 16.5. The molecule has 1 atom stereocenters. The minimum Gasteiger partial charge on any atom is -0.490 e. The summed E-state index contributed by atoms with van der Waals surface area (Å²) in [5, 5.41) is 1.22. The van der Waals surface area contributed by atoms with Crippen LogP contribution in [0.15, 0.2) is 65.6 Å². The van der Waals surface area contributed by atoms with Crippen molar-refractivity contribution in [1.29, 1.82) is 0 Å². The second-order valence-electron chi connectivity index (χ2n) is 7.51. The summed E-state index contributed by atoms with van der Waals surface area (Å²) in [7, 11) is 0. The topological polar surface area (TPSA) is 53.4 Å². The SMILES string of the molecule is CCCc1ccc(-c2cc3ccc(OCC4Cn5ccc(=O)nc5O4)cc3s2)cc1. The van der Waals surface area contributed by atoms with Crippen molar-refractivity contribution in [1.82, 2.24) is 9.55 Å². The quantitative estimate of drug-likeness (QED) is 0.446. The fourth-order valence-corrected chi connectivity index (χ4v) is 4.79. The van der Waals surface area contributed by atoms with Gasteiger partial charge in [0.2, 0.25) is 0 Å². The minimum absolute atomic E-state index is 0.157. The van der Waals surface area contributed by atoms with Gasteiger partial charge in [-0.2, -0.15) is 4.98 Å². The van der Waals surface area contributed by atoms with E-state index in [0.29, 0.717) is 19.2 Å². The Balaban J connectivity index is 1.28. The molecule has 0 saturated heterocycles. The van der Waals surface area contributed by atoms with E-state index in [1.54, 1.807) is 17.5 Å². The molecule has 0 saturated carbocycles. The molecule has 0 spiro atoms. The molecule has 1 aliphatic rings. The second kappa shape index (κ2) is 7.95. The lowest BCUT2D eigenvalue weighted by Gasteiger charge is -2.11. The molecule has 0 radical (unpaired) electrons. The zero-order chi connectivity index (χ0) is 20.5. The van der Waals surface area contributed by atoms with Crippen LogP contribution in [0.1, 0.15) is 18.9 Å². The molecule has 5 nitrogen and oxygen atoms in total. The van der Waals surface area contributed by atoms with E-state index in [9.17, 15) is 4.79 Å². The summed E-state index contributed by atoms with van der Waals surface area (Å²) >= 11 is 1.77. The second-order valence-corrected chi connectivity index (χ2v) is 8.59. The van der Waals surface area contributed by atoms with Gasteiger partial charge in [-0.25, -0.2) is 0 Å². The Kier molecular flexibility index (Phi) is 5.01. The Hall–Kier alpha value is -3.12. The van der Waals surface area contributed by atoms with E-state index in [0.717, 1.165) is 18.6 Å². The van der Waals surface area contributed by atoms with Crippen LogP contribution in [0.5, 0.6) is 11.8 Å². The highest BCUT2D eigenvalue weighted by molar-refractivity contribution is 7.22. The highest BCUT2D eigenvalue weighted by Crippen LogP contribution is 2.35. The average Bonchev–Trinajstić information content (AvgIpc) is 3.36. The first-order chi connectivity index (χ1) is 14.7. The zero-order valence-corrected chi connectivity index (χ0v) is 17.5. The van der Waals surface area contributed by atoms with E-state index in [1.807, 2.05) is 10.6 Å². The standard InChI is InChI=1S/C24H22N2O3S/c1-2-3-16-4-6-17(7-5-16)21-12-18-8-9-19(13-22(18)30-21)28-15-20-14-26-11-10-23(27)25-24(26)29-20/h4-13,20H,2-3,14-15H2,1H3. The molecule has 4 aromatic rings. The Bertz CT molecular complexity index is 1240. The molecule has 0 bridgehead atoms. The smallest absolute Gasteiger partial charge is 0.300 e. The normalized spacial score (nSPS) is 15.2. The molecule has 30 heavy (non-hydrogen) atoms. The first-order valence-electron chi connectivity index (χ1n) is 10.2. The molecule has 152 valence electrons. The van der Waals surface area contributed by atoms with Crippen LogP contribution >= 0.6 is 11.3 Å². The van der Waals surface area contributed by atoms with Gasteiger partial charge >= 0.3 is 0 Å². The van der Waals surface area contributed by atoms with Crippen LogP contribution in [0.2, 0.25) is 0 Å². The molecule has 2 aromatic heterocycles. The molecule has 0 N–H and O–H groups in total. The van der Waals surface area contributed by atoms with Gasteiger partial charge in [-0.3, -0.25) is 9.36 Å². The maximum atomic E-state index is 11.4. The number of benzene rings is 2. The molecule has 3 heterocycles. The highest BCUT2D eigenvalue weighted by Gasteiger charge is 2.23. The first kappa shape index (κ1) is 18.9. The predicted octanol–water partition coefficient (Wildman–Crippen LogP) is 4.92. The van der Waals surface area contributed by atoms with Gasteiger partial charge in [0.1, 0.15) is 12.4 Å². The van der Waals surface area contributed by atoms with E-state index in [2.05, 4.69) is 54.4 Å². The number of aryl methyl sites for hydroxylation is 1. The summed E-state index contributed by atoms with van der Waals surface area (Å²) in [5.41, 5.74) is 2.34. The van der Waals surface area contributed by atoms with Crippen LogP contribution in [0, 0.1) is 0 Å². The van der Waals surface area contributed by atoms with Crippen molar-refractivity contribution in [3.05, 3.63) is 76.7 Å². The van der Waals surface area contributed by atoms with Gasteiger partial charge in [0.25, 0.3) is 11.6 Å². The molecule has 0 aliphatic carbocycles. The van der Waals surface area contributed by atoms with E-state index in [4.69, 9.17) is 9.47 Å². The van der Waals surface area contributed by atoms with Crippen LogP contribution in [0.4, 0.5) is 0 Å². The maximum absolute atomic E-state index is 11.4. The predicted molar refractivity (Wildman–Crippen MR) is 120 cm³/mol. The summed E-state index contributed by atoms with van der Waals surface area (Å²) < 4.78 is 14.7. The monoisotopic (exact) mass is 418 g/mol. The van der Waals surface area contributed by atoms with E-state index in [-0.39, 0.29) is 11.7 Å². The van der Waals surface area contributed by atoms with E-state index in [1.165, 1.54) is 32.2 Å². The largest absolute Gasteiger partial charge is 0.490 e. The summed E-state index contributed by atoms with van der Waals surface area (Å²) in [6.07, 6.45) is 3.84. The number of aromatic nitrogens is 2. The third kappa shape index (κ3) is 3.83. The van der Waals surface area contributed by atoms with Gasteiger partial charge in [0.15, 0.2) is 6.10 Å². The lowest BCUT2D eigenvalue weighted by atomic mass is 10.1. The molecule has 6 heteroatoms. The molecular weight excluding hydrogens is 396 g/mol. The van der Waals surface area contributed by atoms with Gasteiger partial charge in [-0.05, 0) is 47.2 Å². The van der Waals surface area contributed by atoms with Crippen LogP contribution in [-0.2, 0) is 13.0 Å². The number of hydrogen-bond acceptors (Lipinski definition) is 5. The van der Waals surface area contributed by atoms with Gasteiger partial charge in [0, 0.05) is 21.8 Å². The molecule has 1 unspecified atom stereocenters. The highest BCUT2D eigenvalue weighted by atomic mass is 32.1. The first-order valence-corrected chi connectivity index (χ1v) is 11.0. The van der Waals surface area contributed by atoms with Crippen LogP contribution < -0.4 is 15.0 Å². The zero-order valence-electron chi connectivity index (χ0n) is 16.7. The molecule has 1 aliphatic heterocycles. The number of thiophene rings is 1. The molecule has 0 amide bonds. The molecular formula is C24H22N2O3S. The van der Waals surface area contributed by atoms with Crippen molar-refractivity contribution < 1.29 is 9.47 Å². The van der Waals surface area contributed by atoms with Gasteiger partial charge < -0.3 is 9.47 Å². The average molecular weight is 419 g/mol. The molecule has 5 rings (SSSR count). The lowest BCUT2D eigenvalue weighted by Crippen LogP contribution is -2.23. The van der Waals surface area contributed by atoms with Crippen molar-refractivity contribution >= 4 is 21.4 Å². The van der Waals surface area contributed by atoms with Crippen molar-refractivity contribution in [3.63, 3.8) is 0 Å². The lowest BCUT2D eigenvalue weighted by molar-refractivity contribution is 0.144. The van der Waals surface area contributed by atoms with Crippen LogP contribution in [0.25, 0.3) is 20.5 Å². The Morgan fingerprint density at radius 3 is 2.87 bits per heavy atom. The number of ether oxygens (including phenoxy) is 2. The van der Waals surface area contributed by atoms with Gasteiger partial charge in [-0.15, -0.1) is 11.3 Å². The Morgan fingerprint density at radius 1 is 1.17 bits per heavy atom. The number of nitrogens with zero attached hydrogens (tertiary/aromatic N) is 2. The van der Waals surface area contributed by atoms with Crippen LogP contribution in [0.3, 0.4) is 0 Å². The fourth-order valence-electron chi connectivity index (χ4n) is 3.70. The van der Waals surface area contributed by atoms with Gasteiger partial charge in [0.05, 0.1) is 6.54 Å². The van der Waals surface area contributed by atoms with Crippen LogP contribution in [-0.4, -0.2) is 22.3 Å². The van der Waals surface area contributed by atoms with Gasteiger partial charge in [-0.1, -0.05) is 37.6 Å². The number of hydrogen-bond donors (Lipinski definition) is 0. The third-order valence-corrected chi connectivity index (χ3v) is 6.37. The summed E-state index contributed by atoms with van der Waals surface area (Å²) in [5.74, 6) is 0.816. The fraction of sp³-hybridized carbons (Fsp3) is 0.250. The number of fused-ring (bicyclic) bond motifs is 2. The molecule has 0 fully saturated rings. The van der Waals surface area contributed by atoms with Crippen molar-refractivity contribution in [2.75, 3.05) is 6.61 Å². The Labute approximate surface area is 178 Å². The van der Waals surface area contributed by atoms with Crippen molar-refractivity contribution in [2.24, 2.45) is 0 Å².